The summed E-state index contributed by atoms with van der Waals surface area (Å²) in [6.07, 6.45) is 20.2. The standard InChI is InChI=1S/C31H50O4/c1-4-7-10-13-14-17-23-31(24-21-30(34)35,22-16-12-9-6-3)28-25-27(28)26(19-20-29(32)33)18-15-11-8-5-2/h26-28H,4-18,22-23,25H2,1-3H3,(H,32,33)(H,34,35). The first-order valence-corrected chi connectivity index (χ1v) is 14.4. The lowest BCUT2D eigenvalue weighted by Crippen LogP contribution is -2.25. The van der Waals surface area contributed by atoms with Crippen molar-refractivity contribution < 1.29 is 19.8 Å². The van der Waals surface area contributed by atoms with Gasteiger partial charge in [0.05, 0.1) is 0 Å². The third kappa shape index (κ3) is 13.1. The Kier molecular flexibility index (Phi) is 16.3. The molecule has 0 bridgehead atoms. The Morgan fingerprint density at radius 3 is 1.77 bits per heavy atom. The Hall–Kier alpha value is -1.94. The van der Waals surface area contributed by atoms with E-state index in [2.05, 4.69) is 44.5 Å². The van der Waals surface area contributed by atoms with Crippen molar-refractivity contribution in [3.8, 4) is 23.7 Å². The predicted molar refractivity (Wildman–Crippen MR) is 144 cm³/mol. The average molecular weight is 487 g/mol. The summed E-state index contributed by atoms with van der Waals surface area (Å²) in [6, 6.07) is 0. The maximum atomic E-state index is 11.4. The summed E-state index contributed by atoms with van der Waals surface area (Å²) in [7, 11) is 0. The van der Waals surface area contributed by atoms with E-state index in [0.717, 1.165) is 57.8 Å². The van der Waals surface area contributed by atoms with Crippen LogP contribution in [0, 0.1) is 46.9 Å². The molecule has 4 heteroatoms. The summed E-state index contributed by atoms with van der Waals surface area (Å²) in [5.74, 6) is 9.89. The van der Waals surface area contributed by atoms with E-state index in [1.807, 2.05) is 0 Å². The number of carboxylic acids is 2. The number of hydrogen-bond donors (Lipinski definition) is 2. The minimum Gasteiger partial charge on any atom is -0.472 e. The molecule has 0 aliphatic heterocycles. The first-order valence-electron chi connectivity index (χ1n) is 14.4. The highest BCUT2D eigenvalue weighted by atomic mass is 16.4. The molecule has 1 aliphatic rings. The Balaban J connectivity index is 3.06. The minimum absolute atomic E-state index is 0.0687. The third-order valence-electron chi connectivity index (χ3n) is 7.67. The van der Waals surface area contributed by atoms with Gasteiger partial charge in [-0.15, -0.1) is 0 Å². The molecule has 4 unspecified atom stereocenters. The van der Waals surface area contributed by atoms with Crippen LogP contribution in [0.25, 0.3) is 0 Å². The molecule has 2 N–H and O–H groups in total. The van der Waals surface area contributed by atoms with Crippen molar-refractivity contribution in [3.05, 3.63) is 0 Å². The van der Waals surface area contributed by atoms with Crippen molar-refractivity contribution >= 4 is 11.9 Å². The van der Waals surface area contributed by atoms with Gasteiger partial charge in [-0.2, -0.15) is 0 Å². The number of hydrogen-bond acceptors (Lipinski definition) is 2. The zero-order chi connectivity index (χ0) is 25.9. The van der Waals surface area contributed by atoms with Crippen LogP contribution in [0.15, 0.2) is 0 Å². The maximum absolute atomic E-state index is 11.4. The Morgan fingerprint density at radius 1 is 0.743 bits per heavy atom. The number of carboxylic acid groups (broad SMARTS) is 2. The van der Waals surface area contributed by atoms with Gasteiger partial charge in [0.2, 0.25) is 0 Å². The van der Waals surface area contributed by atoms with E-state index in [0.29, 0.717) is 11.8 Å². The van der Waals surface area contributed by atoms with Crippen LogP contribution in [0.2, 0.25) is 0 Å². The van der Waals surface area contributed by atoms with Gasteiger partial charge in [-0.05, 0) is 37.5 Å². The SMILES string of the molecule is CCCCCCCCC(C#CC(=O)O)(CCCCCC)C1CC1C(C#CC(=O)O)CCCCCC. The molecule has 35 heavy (non-hydrogen) atoms. The number of carbonyl (C=O) groups is 2. The van der Waals surface area contributed by atoms with Gasteiger partial charge in [-0.1, -0.05) is 123 Å². The van der Waals surface area contributed by atoms with Crippen molar-refractivity contribution in [2.75, 3.05) is 0 Å². The molecule has 0 heterocycles. The van der Waals surface area contributed by atoms with E-state index in [-0.39, 0.29) is 11.3 Å². The summed E-state index contributed by atoms with van der Waals surface area (Å²) in [5, 5.41) is 18.5. The second-order valence-corrected chi connectivity index (χ2v) is 10.6. The lowest BCUT2D eigenvalue weighted by Gasteiger charge is -2.30. The summed E-state index contributed by atoms with van der Waals surface area (Å²) < 4.78 is 0. The fraction of sp³-hybridized carbons (Fsp3) is 0.806. The zero-order valence-electron chi connectivity index (χ0n) is 22.7. The summed E-state index contributed by atoms with van der Waals surface area (Å²) in [6.45, 7) is 6.62. The average Bonchev–Trinajstić information content (AvgIpc) is 3.62. The van der Waals surface area contributed by atoms with Crippen molar-refractivity contribution in [2.24, 2.45) is 23.2 Å². The van der Waals surface area contributed by atoms with E-state index in [9.17, 15) is 14.7 Å². The zero-order valence-corrected chi connectivity index (χ0v) is 22.7. The van der Waals surface area contributed by atoms with Gasteiger partial charge in [0.15, 0.2) is 0 Å². The molecule has 1 rings (SSSR count). The molecule has 1 fully saturated rings. The number of unbranched alkanes of at least 4 members (excludes halogenated alkanes) is 11. The largest absolute Gasteiger partial charge is 0.472 e. The topological polar surface area (TPSA) is 74.6 Å². The van der Waals surface area contributed by atoms with E-state index < -0.39 is 11.9 Å². The molecular weight excluding hydrogens is 436 g/mol. The van der Waals surface area contributed by atoms with E-state index >= 15 is 0 Å². The van der Waals surface area contributed by atoms with Crippen molar-refractivity contribution in [1.82, 2.24) is 0 Å². The molecule has 4 atom stereocenters. The second kappa shape index (κ2) is 18.3. The molecule has 0 amide bonds. The molecule has 0 aromatic heterocycles. The van der Waals surface area contributed by atoms with E-state index in [1.165, 1.54) is 57.8 Å². The van der Waals surface area contributed by atoms with Crippen LogP contribution in [-0.2, 0) is 9.59 Å². The highest BCUT2D eigenvalue weighted by Crippen LogP contribution is 2.59. The smallest absolute Gasteiger partial charge is 0.381 e. The second-order valence-electron chi connectivity index (χ2n) is 10.6. The van der Waals surface area contributed by atoms with Crippen molar-refractivity contribution in [1.29, 1.82) is 0 Å². The van der Waals surface area contributed by atoms with Crippen LogP contribution >= 0.6 is 0 Å². The molecule has 4 nitrogen and oxygen atoms in total. The van der Waals surface area contributed by atoms with Gasteiger partial charge in [0, 0.05) is 23.2 Å². The van der Waals surface area contributed by atoms with Gasteiger partial charge >= 0.3 is 11.9 Å². The van der Waals surface area contributed by atoms with E-state index in [1.54, 1.807) is 0 Å². The Labute approximate surface area is 215 Å². The van der Waals surface area contributed by atoms with Crippen LogP contribution in [0.1, 0.15) is 136 Å². The molecular formula is C31H50O4. The first-order chi connectivity index (χ1) is 16.9. The Morgan fingerprint density at radius 2 is 1.23 bits per heavy atom. The fourth-order valence-electron chi connectivity index (χ4n) is 5.61. The molecule has 0 spiro atoms. The lowest BCUT2D eigenvalue weighted by molar-refractivity contribution is -0.131. The van der Waals surface area contributed by atoms with Gasteiger partial charge < -0.3 is 10.2 Å². The quantitative estimate of drug-likeness (QED) is 0.143. The van der Waals surface area contributed by atoms with Gasteiger partial charge in [-0.3, -0.25) is 0 Å². The van der Waals surface area contributed by atoms with Crippen LogP contribution in [0.5, 0.6) is 0 Å². The molecule has 1 aliphatic carbocycles. The van der Waals surface area contributed by atoms with E-state index in [4.69, 9.17) is 5.11 Å². The van der Waals surface area contributed by atoms with Crippen molar-refractivity contribution in [2.45, 2.75) is 136 Å². The first kappa shape index (κ1) is 31.1. The molecule has 1 saturated carbocycles. The molecule has 0 radical (unpaired) electrons. The maximum Gasteiger partial charge on any atom is 0.381 e. The highest BCUT2D eigenvalue weighted by Gasteiger charge is 2.53. The third-order valence-corrected chi connectivity index (χ3v) is 7.67. The van der Waals surface area contributed by atoms with Crippen LogP contribution in [-0.4, -0.2) is 22.2 Å². The van der Waals surface area contributed by atoms with Crippen molar-refractivity contribution in [3.63, 3.8) is 0 Å². The highest BCUT2D eigenvalue weighted by molar-refractivity contribution is 5.87. The van der Waals surface area contributed by atoms with Crippen LogP contribution < -0.4 is 0 Å². The van der Waals surface area contributed by atoms with Crippen LogP contribution in [0.3, 0.4) is 0 Å². The fourth-order valence-corrected chi connectivity index (χ4v) is 5.61. The van der Waals surface area contributed by atoms with Gasteiger partial charge in [-0.25, -0.2) is 9.59 Å². The molecule has 198 valence electrons. The molecule has 0 saturated heterocycles. The van der Waals surface area contributed by atoms with Gasteiger partial charge in [0.1, 0.15) is 0 Å². The normalized spacial score (nSPS) is 18.9. The lowest BCUT2D eigenvalue weighted by atomic mass is 9.72. The van der Waals surface area contributed by atoms with Crippen LogP contribution in [0.4, 0.5) is 0 Å². The number of rotatable bonds is 19. The molecule has 0 aromatic carbocycles. The molecule has 0 aromatic rings. The summed E-state index contributed by atoms with van der Waals surface area (Å²) in [4.78, 5) is 22.6. The Bertz CT molecular complexity index is 735. The summed E-state index contributed by atoms with van der Waals surface area (Å²) >= 11 is 0. The number of aliphatic carboxylic acids is 2. The predicted octanol–water partition coefficient (Wildman–Crippen LogP) is 8.09. The van der Waals surface area contributed by atoms with Gasteiger partial charge in [0.25, 0.3) is 0 Å². The minimum atomic E-state index is -1.07. The monoisotopic (exact) mass is 486 g/mol. The summed E-state index contributed by atoms with van der Waals surface area (Å²) in [5.41, 5.74) is -0.284.